The van der Waals surface area contributed by atoms with E-state index in [9.17, 15) is 14.4 Å². The number of hydrogen-bond donors (Lipinski definition) is 1. The molecule has 0 radical (unpaired) electrons. The van der Waals surface area contributed by atoms with Gasteiger partial charge in [-0.2, -0.15) is 0 Å². The van der Waals surface area contributed by atoms with Crippen LogP contribution in [0.15, 0.2) is 0 Å². The predicted molar refractivity (Wildman–Crippen MR) is 86.4 cm³/mol. The van der Waals surface area contributed by atoms with Gasteiger partial charge < -0.3 is 20.3 Å². The van der Waals surface area contributed by atoms with Crippen LogP contribution >= 0.6 is 0 Å². The lowest BCUT2D eigenvalue weighted by Gasteiger charge is -2.32. The average molecular weight is 327 g/mol. The van der Waals surface area contributed by atoms with Gasteiger partial charge in [-0.05, 0) is 25.7 Å². The van der Waals surface area contributed by atoms with Gasteiger partial charge in [-0.15, -0.1) is 0 Å². The van der Waals surface area contributed by atoms with Crippen LogP contribution in [0.1, 0.15) is 33.6 Å². The van der Waals surface area contributed by atoms with Crippen molar-refractivity contribution in [3.8, 4) is 0 Å². The fourth-order valence-corrected chi connectivity index (χ4v) is 2.55. The normalized spacial score (nSPS) is 17.0. The number of likely N-dealkylation sites (N-methyl/N-ethyl adjacent to an activating group) is 1. The maximum atomic E-state index is 12.3. The van der Waals surface area contributed by atoms with Crippen molar-refractivity contribution in [2.75, 3.05) is 33.3 Å². The Morgan fingerprint density at radius 2 is 1.83 bits per heavy atom. The molecule has 1 heterocycles. The van der Waals surface area contributed by atoms with E-state index in [1.807, 2.05) is 13.8 Å². The summed E-state index contributed by atoms with van der Waals surface area (Å²) >= 11 is 0. The van der Waals surface area contributed by atoms with Gasteiger partial charge in [0.25, 0.3) is 0 Å². The molecule has 0 spiro atoms. The summed E-state index contributed by atoms with van der Waals surface area (Å²) in [5.74, 6) is -0.628. The van der Waals surface area contributed by atoms with Crippen LogP contribution in [-0.4, -0.2) is 66.9 Å². The summed E-state index contributed by atoms with van der Waals surface area (Å²) in [5, 5.41) is 0. The first-order valence-electron chi connectivity index (χ1n) is 8.22. The molecule has 0 bridgehead atoms. The number of esters is 1. The quantitative estimate of drug-likeness (QED) is 0.705. The molecule has 1 rings (SSSR count). The predicted octanol–water partition coefficient (Wildman–Crippen LogP) is 0.230. The molecule has 0 unspecified atom stereocenters. The largest absolute Gasteiger partial charge is 0.466 e. The van der Waals surface area contributed by atoms with Crippen molar-refractivity contribution in [3.05, 3.63) is 0 Å². The highest BCUT2D eigenvalue weighted by Gasteiger charge is 2.29. The van der Waals surface area contributed by atoms with Crippen LogP contribution in [-0.2, 0) is 19.1 Å². The number of amides is 2. The van der Waals surface area contributed by atoms with E-state index in [1.165, 1.54) is 4.90 Å². The van der Waals surface area contributed by atoms with Crippen molar-refractivity contribution in [2.45, 2.75) is 39.7 Å². The lowest BCUT2D eigenvalue weighted by molar-refractivity contribution is -0.151. The third-order valence-corrected chi connectivity index (χ3v) is 4.22. The van der Waals surface area contributed by atoms with E-state index in [1.54, 1.807) is 18.9 Å². The Morgan fingerprint density at radius 3 is 2.30 bits per heavy atom. The van der Waals surface area contributed by atoms with Crippen LogP contribution in [0.5, 0.6) is 0 Å². The van der Waals surface area contributed by atoms with Crippen LogP contribution in [0.4, 0.5) is 0 Å². The highest BCUT2D eigenvalue weighted by atomic mass is 16.5. The number of carbonyl (C=O) groups is 3. The van der Waals surface area contributed by atoms with E-state index in [0.717, 1.165) is 0 Å². The van der Waals surface area contributed by atoms with E-state index in [0.29, 0.717) is 32.5 Å². The van der Waals surface area contributed by atoms with Gasteiger partial charge in [0, 0.05) is 20.1 Å². The van der Waals surface area contributed by atoms with Crippen LogP contribution in [0, 0.1) is 11.8 Å². The first-order valence-corrected chi connectivity index (χ1v) is 8.22. The van der Waals surface area contributed by atoms with E-state index >= 15 is 0 Å². The number of nitrogens with zero attached hydrogens (tertiary/aromatic N) is 2. The van der Waals surface area contributed by atoms with Gasteiger partial charge in [-0.25, -0.2) is 0 Å². The molecular formula is C16H29N3O4. The summed E-state index contributed by atoms with van der Waals surface area (Å²) in [6, 6.07) is -0.595. The van der Waals surface area contributed by atoms with Gasteiger partial charge in [0.05, 0.1) is 25.1 Å². The van der Waals surface area contributed by atoms with Crippen molar-refractivity contribution in [1.82, 2.24) is 9.80 Å². The first kappa shape index (κ1) is 19.4. The second-order valence-corrected chi connectivity index (χ2v) is 6.37. The van der Waals surface area contributed by atoms with Gasteiger partial charge in [0.2, 0.25) is 11.8 Å². The van der Waals surface area contributed by atoms with Gasteiger partial charge >= 0.3 is 5.97 Å². The monoisotopic (exact) mass is 327 g/mol. The number of hydrogen-bond acceptors (Lipinski definition) is 5. The van der Waals surface area contributed by atoms with Gasteiger partial charge in [0.1, 0.15) is 0 Å². The number of ether oxygens (including phenoxy) is 1. The van der Waals surface area contributed by atoms with Gasteiger partial charge in [0.15, 0.2) is 0 Å². The molecule has 1 aliphatic heterocycles. The SMILES string of the molecule is CCOC(=O)C1CCN(C(=O)CN(C)C(=O)[C@@H](N)C(C)C)CC1. The zero-order chi connectivity index (χ0) is 17.6. The highest BCUT2D eigenvalue weighted by molar-refractivity contribution is 5.87. The van der Waals surface area contributed by atoms with E-state index in [-0.39, 0.29) is 36.2 Å². The van der Waals surface area contributed by atoms with E-state index < -0.39 is 6.04 Å². The second-order valence-electron chi connectivity index (χ2n) is 6.37. The Bertz CT molecular complexity index is 431. The minimum Gasteiger partial charge on any atom is -0.466 e. The standard InChI is InChI=1S/C16H29N3O4/c1-5-23-16(22)12-6-8-19(9-7-12)13(20)10-18(4)15(21)14(17)11(2)3/h11-12,14H,5-10,17H2,1-4H3/t14-/m0/s1. The Labute approximate surface area is 138 Å². The van der Waals surface area contributed by atoms with E-state index in [4.69, 9.17) is 10.5 Å². The topological polar surface area (TPSA) is 92.9 Å². The van der Waals surface area contributed by atoms with Crippen molar-refractivity contribution >= 4 is 17.8 Å². The molecule has 0 aromatic heterocycles. The van der Waals surface area contributed by atoms with E-state index in [2.05, 4.69) is 0 Å². The maximum Gasteiger partial charge on any atom is 0.309 e. The minimum absolute atomic E-state index is 0.0172. The molecule has 132 valence electrons. The summed E-state index contributed by atoms with van der Waals surface area (Å²) in [4.78, 5) is 39.1. The third-order valence-electron chi connectivity index (χ3n) is 4.22. The summed E-state index contributed by atoms with van der Waals surface area (Å²) in [6.45, 7) is 6.95. The van der Waals surface area contributed by atoms with Gasteiger partial charge in [-0.1, -0.05) is 13.8 Å². The zero-order valence-corrected chi connectivity index (χ0v) is 14.6. The summed E-state index contributed by atoms with van der Waals surface area (Å²) < 4.78 is 5.01. The average Bonchev–Trinajstić information content (AvgIpc) is 2.53. The molecule has 0 aliphatic carbocycles. The van der Waals surface area contributed by atoms with Gasteiger partial charge in [-0.3, -0.25) is 14.4 Å². The van der Waals surface area contributed by atoms with Crippen molar-refractivity contribution in [1.29, 1.82) is 0 Å². The molecule has 2 amide bonds. The number of rotatable bonds is 6. The Hall–Kier alpha value is -1.63. The van der Waals surface area contributed by atoms with Crippen LogP contribution < -0.4 is 5.73 Å². The molecule has 1 aliphatic rings. The number of piperidine rings is 1. The number of nitrogens with two attached hydrogens (primary N) is 1. The Morgan fingerprint density at radius 1 is 1.26 bits per heavy atom. The maximum absolute atomic E-state index is 12.3. The smallest absolute Gasteiger partial charge is 0.309 e. The molecule has 7 heteroatoms. The van der Waals surface area contributed by atoms with Crippen LogP contribution in [0.25, 0.3) is 0 Å². The Balaban J connectivity index is 2.45. The molecular weight excluding hydrogens is 298 g/mol. The summed E-state index contributed by atoms with van der Waals surface area (Å²) in [6.07, 6.45) is 1.21. The number of carbonyl (C=O) groups excluding carboxylic acids is 3. The molecule has 1 fully saturated rings. The third kappa shape index (κ3) is 5.49. The lowest BCUT2D eigenvalue weighted by Crippen LogP contribution is -2.50. The number of likely N-dealkylation sites (tertiary alicyclic amines) is 1. The highest BCUT2D eigenvalue weighted by Crippen LogP contribution is 2.19. The van der Waals surface area contributed by atoms with Crippen molar-refractivity contribution in [2.24, 2.45) is 17.6 Å². The zero-order valence-electron chi connectivity index (χ0n) is 14.6. The molecule has 1 atom stereocenters. The minimum atomic E-state index is -0.595. The lowest BCUT2D eigenvalue weighted by atomic mass is 9.97. The first-order chi connectivity index (χ1) is 10.8. The molecule has 0 aromatic carbocycles. The fourth-order valence-electron chi connectivity index (χ4n) is 2.55. The molecule has 7 nitrogen and oxygen atoms in total. The summed E-state index contributed by atoms with van der Waals surface area (Å²) in [7, 11) is 1.59. The molecule has 2 N–H and O–H groups in total. The van der Waals surface area contributed by atoms with Crippen molar-refractivity contribution in [3.63, 3.8) is 0 Å². The molecule has 1 saturated heterocycles. The van der Waals surface area contributed by atoms with Crippen LogP contribution in [0.2, 0.25) is 0 Å². The molecule has 0 saturated carbocycles. The molecule has 23 heavy (non-hydrogen) atoms. The Kier molecular flexibility index (Phi) is 7.48. The van der Waals surface area contributed by atoms with Crippen molar-refractivity contribution < 1.29 is 19.1 Å². The summed E-state index contributed by atoms with van der Waals surface area (Å²) in [5.41, 5.74) is 5.83. The molecule has 0 aromatic rings. The second kappa shape index (κ2) is 8.86. The fraction of sp³-hybridized carbons (Fsp3) is 0.812. The van der Waals surface area contributed by atoms with Crippen LogP contribution in [0.3, 0.4) is 0 Å².